The first-order valence-electron chi connectivity index (χ1n) is 8.92. The van der Waals surface area contributed by atoms with Crippen LogP contribution in [0.1, 0.15) is 20.8 Å². The molecule has 0 radical (unpaired) electrons. The van der Waals surface area contributed by atoms with Crippen LogP contribution in [-0.4, -0.2) is 79.2 Å². The van der Waals surface area contributed by atoms with Crippen LogP contribution in [0, 0.1) is 0 Å². The molecule has 0 N–H and O–H groups in total. The summed E-state index contributed by atoms with van der Waals surface area (Å²) >= 11 is 0. The van der Waals surface area contributed by atoms with Crippen molar-refractivity contribution in [3.05, 3.63) is 23.7 Å². The average Bonchev–Trinajstić information content (AvgIpc) is 2.49. The minimum Gasteiger partial charge on any atom is -0.486 e. The van der Waals surface area contributed by atoms with Gasteiger partial charge in [-0.05, 0) is 26.8 Å². The second-order valence-electron chi connectivity index (χ2n) is 7.77. The molecule has 0 aromatic carbocycles. The molecule has 6 nitrogen and oxygen atoms in total. The molecule has 0 spiro atoms. The number of amides is 1. The molecule has 8 heteroatoms. The van der Waals surface area contributed by atoms with E-state index in [4.69, 9.17) is 14.2 Å². The molecule has 2 unspecified atom stereocenters. The van der Waals surface area contributed by atoms with Gasteiger partial charge in [0.2, 0.25) is 0 Å². The fourth-order valence-electron chi connectivity index (χ4n) is 3.10. The Morgan fingerprint density at radius 2 is 1.88 bits per heavy atom. The van der Waals surface area contributed by atoms with E-state index >= 15 is 0 Å². The lowest BCUT2D eigenvalue weighted by Crippen LogP contribution is -2.55. The average molecular weight is 372 g/mol. The first-order valence-corrected chi connectivity index (χ1v) is 8.92. The lowest BCUT2D eigenvalue weighted by atomic mass is 10.0. The van der Waals surface area contributed by atoms with Crippen molar-refractivity contribution in [1.82, 2.24) is 9.80 Å². The third-order valence-electron chi connectivity index (χ3n) is 4.46. The van der Waals surface area contributed by atoms with Gasteiger partial charge in [-0.1, -0.05) is 0 Å². The van der Waals surface area contributed by atoms with Gasteiger partial charge in [0.25, 0.3) is 0 Å². The molecule has 2 heterocycles. The molecule has 3 aliphatic rings. The molecule has 2 saturated heterocycles. The van der Waals surface area contributed by atoms with Crippen LogP contribution in [0.3, 0.4) is 0 Å². The van der Waals surface area contributed by atoms with Gasteiger partial charge in [-0.25, -0.2) is 13.6 Å². The van der Waals surface area contributed by atoms with Gasteiger partial charge in [0, 0.05) is 32.3 Å². The summed E-state index contributed by atoms with van der Waals surface area (Å²) < 4.78 is 44.9. The van der Waals surface area contributed by atoms with Gasteiger partial charge in [0.05, 0.1) is 19.3 Å². The Balaban J connectivity index is 1.54. The monoisotopic (exact) mass is 372 g/mol. The number of alkyl halides is 1. The van der Waals surface area contributed by atoms with E-state index in [0.717, 1.165) is 0 Å². The van der Waals surface area contributed by atoms with Crippen LogP contribution in [0.5, 0.6) is 0 Å². The van der Waals surface area contributed by atoms with Crippen molar-refractivity contribution in [1.29, 1.82) is 0 Å². The molecule has 1 amide bonds. The number of ether oxygens (including phenoxy) is 3. The number of piperazine rings is 1. The molecule has 3 rings (SSSR count). The number of allylic oxidation sites excluding steroid dienone is 1. The van der Waals surface area contributed by atoms with Crippen LogP contribution in [0.2, 0.25) is 0 Å². The van der Waals surface area contributed by atoms with Gasteiger partial charge in [0.15, 0.2) is 0 Å². The highest BCUT2D eigenvalue weighted by Gasteiger charge is 2.37. The molecule has 0 bridgehead atoms. The van der Waals surface area contributed by atoms with E-state index in [9.17, 15) is 13.6 Å². The summed E-state index contributed by atoms with van der Waals surface area (Å²) in [6.45, 7) is 7.81. The van der Waals surface area contributed by atoms with E-state index in [0.29, 0.717) is 39.4 Å². The van der Waals surface area contributed by atoms with Crippen molar-refractivity contribution in [2.75, 3.05) is 39.4 Å². The predicted molar refractivity (Wildman–Crippen MR) is 91.0 cm³/mol. The van der Waals surface area contributed by atoms with Gasteiger partial charge < -0.3 is 19.1 Å². The fourth-order valence-corrected chi connectivity index (χ4v) is 3.10. The Labute approximate surface area is 152 Å². The number of carbonyl (C=O) groups is 1. The third kappa shape index (κ3) is 4.54. The Hall–Kier alpha value is -1.67. The smallest absolute Gasteiger partial charge is 0.410 e. The van der Waals surface area contributed by atoms with E-state index in [-0.39, 0.29) is 11.9 Å². The molecular weight excluding hydrogens is 346 g/mol. The van der Waals surface area contributed by atoms with Crippen LogP contribution < -0.4 is 0 Å². The number of rotatable bonds is 3. The van der Waals surface area contributed by atoms with Crippen molar-refractivity contribution in [3.63, 3.8) is 0 Å². The highest BCUT2D eigenvalue weighted by Crippen LogP contribution is 2.29. The molecule has 1 aliphatic carbocycles. The number of carbonyl (C=O) groups excluding carboxylic acids is 1. The van der Waals surface area contributed by atoms with Gasteiger partial charge in [-0.15, -0.1) is 0 Å². The zero-order valence-corrected chi connectivity index (χ0v) is 15.4. The van der Waals surface area contributed by atoms with Gasteiger partial charge in [-0.2, -0.15) is 0 Å². The van der Waals surface area contributed by atoms with E-state index in [1.54, 1.807) is 30.6 Å². The quantitative estimate of drug-likeness (QED) is 0.762. The first-order chi connectivity index (χ1) is 12.2. The molecule has 2 aliphatic heterocycles. The van der Waals surface area contributed by atoms with Gasteiger partial charge in [-0.3, -0.25) is 4.90 Å². The SMILES string of the molecule is CC(C)(C)OC(=O)N1CCN(C2C(F)=CC(OC3COC3)=CC2F)CC1. The summed E-state index contributed by atoms with van der Waals surface area (Å²) in [5.74, 6) is -0.340. The third-order valence-corrected chi connectivity index (χ3v) is 4.46. The van der Waals surface area contributed by atoms with Crippen LogP contribution in [0.15, 0.2) is 23.7 Å². The summed E-state index contributed by atoms with van der Waals surface area (Å²) in [5.41, 5.74) is -0.566. The first kappa shape index (κ1) is 19.1. The molecule has 146 valence electrons. The molecule has 2 atom stereocenters. The number of hydrogen-bond donors (Lipinski definition) is 0. The lowest BCUT2D eigenvalue weighted by Gasteiger charge is -2.40. The zero-order chi connectivity index (χ0) is 18.9. The molecular formula is C18H26F2N2O4. The van der Waals surface area contributed by atoms with E-state index in [1.807, 2.05) is 0 Å². The van der Waals surface area contributed by atoms with Gasteiger partial charge >= 0.3 is 6.09 Å². The van der Waals surface area contributed by atoms with Crippen LogP contribution in [0.25, 0.3) is 0 Å². The normalized spacial score (nSPS) is 28.1. The van der Waals surface area contributed by atoms with Crippen molar-refractivity contribution in [3.8, 4) is 0 Å². The number of hydrogen-bond acceptors (Lipinski definition) is 5. The molecule has 0 saturated carbocycles. The summed E-state index contributed by atoms with van der Waals surface area (Å²) in [6, 6.07) is -0.972. The maximum absolute atomic E-state index is 14.6. The van der Waals surface area contributed by atoms with Crippen LogP contribution >= 0.6 is 0 Å². The van der Waals surface area contributed by atoms with Crippen LogP contribution in [0.4, 0.5) is 13.6 Å². The summed E-state index contributed by atoms with van der Waals surface area (Å²) in [6.07, 6.45) is 0.536. The highest BCUT2D eigenvalue weighted by molar-refractivity contribution is 5.68. The Bertz CT molecular complexity index is 590. The standard InChI is InChI=1S/C18H26F2N2O4/c1-18(2,3)26-17(23)22-6-4-21(5-7-22)16-14(19)8-12(9-15(16)20)25-13-10-24-11-13/h8-9,13-14,16H,4-7,10-11H2,1-3H3. The molecule has 2 fully saturated rings. The summed E-state index contributed by atoms with van der Waals surface area (Å²) in [5, 5.41) is 0. The molecule has 26 heavy (non-hydrogen) atoms. The Kier molecular flexibility index (Phi) is 5.53. The topological polar surface area (TPSA) is 51.2 Å². The van der Waals surface area contributed by atoms with Crippen LogP contribution in [-0.2, 0) is 14.2 Å². The van der Waals surface area contributed by atoms with E-state index in [2.05, 4.69) is 0 Å². The minimum atomic E-state index is -1.50. The van der Waals surface area contributed by atoms with E-state index < -0.39 is 29.7 Å². The second kappa shape index (κ2) is 7.52. The fraction of sp³-hybridized carbons (Fsp3) is 0.722. The largest absolute Gasteiger partial charge is 0.486 e. The maximum atomic E-state index is 14.6. The van der Waals surface area contributed by atoms with E-state index in [1.165, 1.54) is 12.2 Å². The van der Waals surface area contributed by atoms with Crippen molar-refractivity contribution >= 4 is 6.09 Å². The Morgan fingerprint density at radius 3 is 2.38 bits per heavy atom. The lowest BCUT2D eigenvalue weighted by molar-refractivity contribution is -0.106. The van der Waals surface area contributed by atoms with Crippen molar-refractivity contribution in [2.45, 2.75) is 44.7 Å². The van der Waals surface area contributed by atoms with Crippen molar-refractivity contribution < 1.29 is 27.8 Å². The maximum Gasteiger partial charge on any atom is 0.410 e. The molecule has 0 aromatic rings. The Morgan fingerprint density at radius 1 is 1.23 bits per heavy atom. The summed E-state index contributed by atoms with van der Waals surface area (Å²) in [7, 11) is 0. The second-order valence-corrected chi connectivity index (χ2v) is 7.77. The van der Waals surface area contributed by atoms with Gasteiger partial charge in [0.1, 0.15) is 29.5 Å². The highest BCUT2D eigenvalue weighted by atomic mass is 19.1. The predicted octanol–water partition coefficient (Wildman–Crippen LogP) is 2.41. The van der Waals surface area contributed by atoms with Crippen molar-refractivity contribution in [2.24, 2.45) is 0 Å². The summed E-state index contributed by atoms with van der Waals surface area (Å²) in [4.78, 5) is 15.4. The zero-order valence-electron chi connectivity index (χ0n) is 15.4. The minimum absolute atomic E-state index is 0.133. The molecule has 0 aromatic heterocycles. The number of nitrogens with zero attached hydrogens (tertiary/aromatic N) is 2. The number of halogens is 2.